The number of benzene rings is 2. The number of piperidine rings is 1. The van der Waals surface area contributed by atoms with Crippen LogP contribution in [0.1, 0.15) is 23.2 Å². The lowest BCUT2D eigenvalue weighted by atomic mass is 9.98. The minimum absolute atomic E-state index is 0.269. The molecule has 0 spiro atoms. The lowest BCUT2D eigenvalue weighted by Crippen LogP contribution is -2.37. The third-order valence-electron chi connectivity index (χ3n) is 5.31. The molecule has 1 N–H and O–H groups in total. The number of rotatable bonds is 8. The number of fused-ring (bicyclic) bond motifs is 1. The van der Waals surface area contributed by atoms with E-state index in [0.717, 1.165) is 55.5 Å². The highest BCUT2D eigenvalue weighted by Gasteiger charge is 2.20. The Morgan fingerprint density at radius 3 is 2.48 bits per heavy atom. The summed E-state index contributed by atoms with van der Waals surface area (Å²) in [6.45, 7) is 4.50. The summed E-state index contributed by atoms with van der Waals surface area (Å²) in [7, 11) is 0. The van der Waals surface area contributed by atoms with E-state index in [1.807, 2.05) is 18.2 Å². The number of ether oxygens (including phenoxy) is 4. The Labute approximate surface area is 169 Å². The molecule has 0 atom stereocenters. The second-order valence-corrected chi connectivity index (χ2v) is 7.29. The fourth-order valence-corrected chi connectivity index (χ4v) is 3.54. The van der Waals surface area contributed by atoms with Crippen LogP contribution in [-0.4, -0.2) is 55.6 Å². The van der Waals surface area contributed by atoms with Crippen molar-refractivity contribution >= 4 is 5.97 Å². The van der Waals surface area contributed by atoms with Gasteiger partial charge in [0.1, 0.15) is 18.1 Å². The van der Waals surface area contributed by atoms with E-state index in [4.69, 9.17) is 24.1 Å². The third kappa shape index (κ3) is 5.12. The van der Waals surface area contributed by atoms with Gasteiger partial charge in [0.25, 0.3) is 0 Å². The van der Waals surface area contributed by atoms with E-state index in [1.165, 1.54) is 0 Å². The molecule has 154 valence electrons. The Bertz CT molecular complexity index is 830. The van der Waals surface area contributed by atoms with Gasteiger partial charge in [-0.3, -0.25) is 4.90 Å². The lowest BCUT2D eigenvalue weighted by molar-refractivity contribution is 0.0697. The molecule has 29 heavy (non-hydrogen) atoms. The van der Waals surface area contributed by atoms with Gasteiger partial charge in [-0.05, 0) is 68.2 Å². The molecule has 7 nitrogen and oxygen atoms in total. The zero-order valence-corrected chi connectivity index (χ0v) is 16.2. The van der Waals surface area contributed by atoms with E-state index in [0.29, 0.717) is 19.1 Å². The average molecular weight is 399 g/mol. The van der Waals surface area contributed by atoms with Gasteiger partial charge in [-0.2, -0.15) is 0 Å². The van der Waals surface area contributed by atoms with E-state index in [2.05, 4.69) is 4.90 Å². The normalized spacial score (nSPS) is 16.6. The van der Waals surface area contributed by atoms with Crippen molar-refractivity contribution < 1.29 is 28.8 Å². The molecular weight excluding hydrogens is 374 g/mol. The van der Waals surface area contributed by atoms with Gasteiger partial charge in [-0.15, -0.1) is 0 Å². The molecule has 0 radical (unpaired) electrons. The van der Waals surface area contributed by atoms with Gasteiger partial charge in [-0.1, -0.05) is 0 Å². The fraction of sp³-hybridized carbons (Fsp3) is 0.409. The Morgan fingerprint density at radius 2 is 1.72 bits per heavy atom. The van der Waals surface area contributed by atoms with Crippen molar-refractivity contribution in [2.24, 2.45) is 5.92 Å². The first-order valence-electron chi connectivity index (χ1n) is 9.88. The van der Waals surface area contributed by atoms with Gasteiger partial charge < -0.3 is 24.1 Å². The minimum Gasteiger partial charge on any atom is -0.493 e. The maximum Gasteiger partial charge on any atom is 0.335 e. The van der Waals surface area contributed by atoms with E-state index in [1.54, 1.807) is 24.3 Å². The minimum atomic E-state index is -0.925. The third-order valence-corrected chi connectivity index (χ3v) is 5.31. The molecule has 2 aromatic carbocycles. The fourth-order valence-electron chi connectivity index (χ4n) is 3.54. The highest BCUT2D eigenvalue weighted by atomic mass is 16.7. The quantitative estimate of drug-likeness (QED) is 0.730. The standard InChI is InChI=1S/C22H25NO6/c24-22(25)17-1-3-18(4-2-17)27-14-16-7-9-23(10-8-16)11-12-26-19-5-6-20-21(13-19)29-15-28-20/h1-6,13,16H,7-12,14-15H2,(H,24,25). The predicted molar refractivity (Wildman–Crippen MR) is 106 cm³/mol. The molecule has 0 unspecified atom stereocenters. The van der Waals surface area contributed by atoms with Crippen molar-refractivity contribution in [3.05, 3.63) is 48.0 Å². The molecule has 2 aliphatic heterocycles. The van der Waals surface area contributed by atoms with E-state index in [9.17, 15) is 4.79 Å². The van der Waals surface area contributed by atoms with Crippen LogP contribution in [0.3, 0.4) is 0 Å². The van der Waals surface area contributed by atoms with E-state index >= 15 is 0 Å². The molecule has 2 aliphatic rings. The van der Waals surface area contributed by atoms with Crippen LogP contribution in [0.15, 0.2) is 42.5 Å². The maximum atomic E-state index is 10.9. The number of aromatic carboxylic acids is 1. The van der Waals surface area contributed by atoms with Gasteiger partial charge >= 0.3 is 5.97 Å². The topological polar surface area (TPSA) is 77.5 Å². The molecule has 0 bridgehead atoms. The Balaban J connectivity index is 1.14. The summed E-state index contributed by atoms with van der Waals surface area (Å²) >= 11 is 0. The molecule has 0 aromatic heterocycles. The van der Waals surface area contributed by atoms with Gasteiger partial charge in [-0.25, -0.2) is 4.79 Å². The number of nitrogens with zero attached hydrogens (tertiary/aromatic N) is 1. The van der Waals surface area contributed by atoms with Crippen molar-refractivity contribution in [2.75, 3.05) is 39.6 Å². The molecule has 0 aliphatic carbocycles. The predicted octanol–water partition coefficient (Wildman–Crippen LogP) is 3.28. The highest BCUT2D eigenvalue weighted by Crippen LogP contribution is 2.35. The summed E-state index contributed by atoms with van der Waals surface area (Å²) in [5.41, 5.74) is 0.272. The molecule has 0 saturated carbocycles. The second kappa shape index (κ2) is 9.05. The number of hydrogen-bond acceptors (Lipinski definition) is 6. The zero-order chi connectivity index (χ0) is 20.1. The van der Waals surface area contributed by atoms with Crippen LogP contribution in [0.25, 0.3) is 0 Å². The first kappa shape index (κ1) is 19.4. The van der Waals surface area contributed by atoms with E-state index < -0.39 is 5.97 Å². The lowest BCUT2D eigenvalue weighted by Gasteiger charge is -2.31. The number of carboxylic acids is 1. The smallest absolute Gasteiger partial charge is 0.335 e. The molecular formula is C22H25NO6. The van der Waals surface area contributed by atoms with Crippen molar-refractivity contribution in [2.45, 2.75) is 12.8 Å². The van der Waals surface area contributed by atoms with Crippen LogP contribution in [0.2, 0.25) is 0 Å². The van der Waals surface area contributed by atoms with Crippen molar-refractivity contribution in [1.29, 1.82) is 0 Å². The van der Waals surface area contributed by atoms with Crippen LogP contribution in [-0.2, 0) is 0 Å². The summed E-state index contributed by atoms with van der Waals surface area (Å²) < 4.78 is 22.4. The van der Waals surface area contributed by atoms with Crippen LogP contribution >= 0.6 is 0 Å². The number of carbonyl (C=O) groups is 1. The summed E-state index contributed by atoms with van der Waals surface area (Å²) in [6.07, 6.45) is 2.16. The van der Waals surface area contributed by atoms with Crippen LogP contribution < -0.4 is 18.9 Å². The monoisotopic (exact) mass is 399 g/mol. The average Bonchev–Trinajstić information content (AvgIpc) is 3.21. The first-order chi connectivity index (χ1) is 14.2. The maximum absolute atomic E-state index is 10.9. The number of hydrogen-bond donors (Lipinski definition) is 1. The van der Waals surface area contributed by atoms with Gasteiger partial charge in [0, 0.05) is 12.6 Å². The number of likely N-dealkylation sites (tertiary alicyclic amines) is 1. The summed E-state index contributed by atoms with van der Waals surface area (Å²) in [4.78, 5) is 13.3. The van der Waals surface area contributed by atoms with Crippen LogP contribution in [0, 0.1) is 5.92 Å². The number of carboxylic acid groups (broad SMARTS) is 1. The molecule has 1 saturated heterocycles. The summed E-state index contributed by atoms with van der Waals surface area (Å²) in [6, 6.07) is 12.2. The Kier molecular flexibility index (Phi) is 6.05. The summed E-state index contributed by atoms with van der Waals surface area (Å²) in [5, 5.41) is 8.93. The molecule has 1 fully saturated rings. The van der Waals surface area contributed by atoms with Crippen molar-refractivity contribution in [1.82, 2.24) is 4.90 Å². The molecule has 4 rings (SSSR count). The van der Waals surface area contributed by atoms with Crippen LogP contribution in [0.5, 0.6) is 23.0 Å². The Morgan fingerprint density at radius 1 is 1.00 bits per heavy atom. The first-order valence-corrected chi connectivity index (χ1v) is 9.88. The molecule has 7 heteroatoms. The van der Waals surface area contributed by atoms with E-state index in [-0.39, 0.29) is 12.4 Å². The zero-order valence-electron chi connectivity index (χ0n) is 16.2. The Hall–Kier alpha value is -2.93. The summed E-state index contributed by atoms with van der Waals surface area (Å²) in [5.74, 6) is 2.60. The second-order valence-electron chi connectivity index (χ2n) is 7.29. The molecule has 2 heterocycles. The SMILES string of the molecule is O=C(O)c1ccc(OCC2CCN(CCOc3ccc4c(c3)OCO4)CC2)cc1. The largest absolute Gasteiger partial charge is 0.493 e. The molecule has 0 amide bonds. The van der Waals surface area contributed by atoms with Crippen LogP contribution in [0.4, 0.5) is 0 Å². The van der Waals surface area contributed by atoms with Crippen molar-refractivity contribution in [3.8, 4) is 23.0 Å². The van der Waals surface area contributed by atoms with Gasteiger partial charge in [0.05, 0.1) is 12.2 Å². The van der Waals surface area contributed by atoms with Gasteiger partial charge in [0.2, 0.25) is 6.79 Å². The van der Waals surface area contributed by atoms with Gasteiger partial charge in [0.15, 0.2) is 11.5 Å². The molecule has 2 aromatic rings. The highest BCUT2D eigenvalue weighted by molar-refractivity contribution is 5.87. The van der Waals surface area contributed by atoms with Crippen molar-refractivity contribution in [3.63, 3.8) is 0 Å².